The third-order valence-corrected chi connectivity index (χ3v) is 3.80. The molecule has 1 aliphatic heterocycles. The molecular weight excluding hydrogens is 292 g/mol. The number of ether oxygens (including phenoxy) is 2. The van der Waals surface area contributed by atoms with E-state index >= 15 is 0 Å². The first-order chi connectivity index (χ1) is 9.67. The normalized spacial score (nSPS) is 17.3. The lowest BCUT2D eigenvalue weighted by Gasteiger charge is -2.17. The Bertz CT molecular complexity index is 482. The first-order valence-corrected chi connectivity index (χ1v) is 6.86. The zero-order chi connectivity index (χ0) is 14.5. The average molecular weight is 315 g/mol. The van der Waals surface area contributed by atoms with Gasteiger partial charge in [-0.05, 0) is 37.1 Å². The van der Waals surface area contributed by atoms with E-state index in [0.29, 0.717) is 24.6 Å². The number of hydrogen-bond acceptors (Lipinski definition) is 4. The van der Waals surface area contributed by atoms with Gasteiger partial charge in [-0.3, -0.25) is 4.79 Å². The predicted octanol–water partition coefficient (Wildman–Crippen LogP) is 1.48. The molecule has 1 aromatic rings. The van der Waals surface area contributed by atoms with Crippen molar-refractivity contribution in [2.24, 2.45) is 11.7 Å². The Morgan fingerprint density at radius 3 is 2.71 bits per heavy atom. The maximum Gasteiger partial charge on any atom is 0.227 e. The molecule has 0 spiro atoms. The SMILES string of the molecule is COc1ccc(OC)c(CC(=O)N2CCC(CN)C2)c1.Cl. The molecule has 1 unspecified atom stereocenters. The number of nitrogens with two attached hydrogens (primary N) is 1. The third-order valence-electron chi connectivity index (χ3n) is 3.80. The Kier molecular flexibility index (Phi) is 6.78. The van der Waals surface area contributed by atoms with E-state index in [1.54, 1.807) is 14.2 Å². The smallest absolute Gasteiger partial charge is 0.227 e. The maximum atomic E-state index is 12.3. The average Bonchev–Trinajstić information content (AvgIpc) is 2.96. The number of halogens is 1. The molecule has 0 aromatic heterocycles. The van der Waals surface area contributed by atoms with Crippen LogP contribution >= 0.6 is 12.4 Å². The fourth-order valence-electron chi connectivity index (χ4n) is 2.55. The quantitative estimate of drug-likeness (QED) is 0.894. The Morgan fingerprint density at radius 2 is 2.14 bits per heavy atom. The number of amides is 1. The summed E-state index contributed by atoms with van der Waals surface area (Å²) in [5.41, 5.74) is 6.51. The molecule has 1 saturated heterocycles. The summed E-state index contributed by atoms with van der Waals surface area (Å²) in [6.45, 7) is 2.21. The Morgan fingerprint density at radius 1 is 1.38 bits per heavy atom. The molecule has 1 atom stereocenters. The van der Waals surface area contributed by atoms with Gasteiger partial charge in [-0.1, -0.05) is 0 Å². The van der Waals surface area contributed by atoms with Crippen LogP contribution in [0.3, 0.4) is 0 Å². The van der Waals surface area contributed by atoms with Crippen molar-refractivity contribution in [3.63, 3.8) is 0 Å². The van der Waals surface area contributed by atoms with Crippen LogP contribution in [0.5, 0.6) is 11.5 Å². The summed E-state index contributed by atoms with van der Waals surface area (Å²) in [6, 6.07) is 5.51. The molecule has 1 fully saturated rings. The van der Waals surface area contributed by atoms with Crippen LogP contribution in [0.2, 0.25) is 0 Å². The molecule has 1 aromatic carbocycles. The van der Waals surface area contributed by atoms with Gasteiger partial charge in [-0.15, -0.1) is 12.4 Å². The van der Waals surface area contributed by atoms with E-state index < -0.39 is 0 Å². The van der Waals surface area contributed by atoms with Crippen LogP contribution in [0, 0.1) is 5.92 Å². The zero-order valence-corrected chi connectivity index (χ0v) is 13.3. The standard InChI is InChI=1S/C15H22N2O3.ClH/c1-19-13-3-4-14(20-2)12(7-13)8-15(18)17-6-5-11(9-16)10-17;/h3-4,7,11H,5-6,8-10,16H2,1-2H3;1H. The highest BCUT2D eigenvalue weighted by molar-refractivity contribution is 5.85. The van der Waals surface area contributed by atoms with Crippen LogP contribution < -0.4 is 15.2 Å². The second-order valence-electron chi connectivity index (χ2n) is 5.08. The monoisotopic (exact) mass is 314 g/mol. The number of likely N-dealkylation sites (tertiary alicyclic amines) is 1. The number of carbonyl (C=O) groups is 1. The number of carbonyl (C=O) groups excluding carboxylic acids is 1. The highest BCUT2D eigenvalue weighted by atomic mass is 35.5. The molecule has 118 valence electrons. The highest BCUT2D eigenvalue weighted by Gasteiger charge is 2.25. The number of rotatable bonds is 5. The molecule has 6 heteroatoms. The number of methoxy groups -OCH3 is 2. The van der Waals surface area contributed by atoms with E-state index in [0.717, 1.165) is 30.8 Å². The second kappa shape index (κ2) is 8.10. The van der Waals surface area contributed by atoms with Gasteiger partial charge in [0.15, 0.2) is 0 Å². The van der Waals surface area contributed by atoms with Crippen LogP contribution in [-0.2, 0) is 11.2 Å². The Balaban J connectivity index is 0.00000220. The van der Waals surface area contributed by atoms with Gasteiger partial charge in [0.2, 0.25) is 5.91 Å². The van der Waals surface area contributed by atoms with Gasteiger partial charge in [-0.2, -0.15) is 0 Å². The van der Waals surface area contributed by atoms with Crippen LogP contribution in [0.4, 0.5) is 0 Å². The fraction of sp³-hybridized carbons (Fsp3) is 0.533. The van der Waals surface area contributed by atoms with Gasteiger partial charge >= 0.3 is 0 Å². The van der Waals surface area contributed by atoms with E-state index in [9.17, 15) is 4.79 Å². The van der Waals surface area contributed by atoms with Crippen molar-refractivity contribution < 1.29 is 14.3 Å². The molecule has 0 bridgehead atoms. The molecule has 21 heavy (non-hydrogen) atoms. The molecule has 1 heterocycles. The molecule has 1 aliphatic rings. The first-order valence-electron chi connectivity index (χ1n) is 6.86. The van der Waals surface area contributed by atoms with Crippen molar-refractivity contribution in [2.45, 2.75) is 12.8 Å². The molecule has 0 radical (unpaired) electrons. The molecule has 5 nitrogen and oxygen atoms in total. The van der Waals surface area contributed by atoms with E-state index in [4.69, 9.17) is 15.2 Å². The lowest BCUT2D eigenvalue weighted by molar-refractivity contribution is -0.129. The summed E-state index contributed by atoms with van der Waals surface area (Å²) >= 11 is 0. The van der Waals surface area contributed by atoms with E-state index in [1.165, 1.54) is 0 Å². The van der Waals surface area contributed by atoms with Crippen molar-refractivity contribution in [1.29, 1.82) is 0 Å². The van der Waals surface area contributed by atoms with Crippen molar-refractivity contribution in [3.8, 4) is 11.5 Å². The minimum absolute atomic E-state index is 0. The molecule has 1 amide bonds. The summed E-state index contributed by atoms with van der Waals surface area (Å²) in [4.78, 5) is 14.2. The van der Waals surface area contributed by atoms with E-state index in [1.807, 2.05) is 23.1 Å². The summed E-state index contributed by atoms with van der Waals surface area (Å²) < 4.78 is 10.5. The van der Waals surface area contributed by atoms with Gasteiger partial charge in [0.25, 0.3) is 0 Å². The van der Waals surface area contributed by atoms with Gasteiger partial charge in [0.1, 0.15) is 11.5 Å². The summed E-state index contributed by atoms with van der Waals surface area (Å²) in [5.74, 6) is 2.00. The van der Waals surface area contributed by atoms with Gasteiger partial charge in [0, 0.05) is 18.7 Å². The van der Waals surface area contributed by atoms with Crippen molar-refractivity contribution >= 4 is 18.3 Å². The fourth-order valence-corrected chi connectivity index (χ4v) is 2.55. The molecule has 0 saturated carbocycles. The summed E-state index contributed by atoms with van der Waals surface area (Å²) in [7, 11) is 3.22. The number of benzene rings is 1. The van der Waals surface area contributed by atoms with Crippen LogP contribution in [0.15, 0.2) is 18.2 Å². The van der Waals surface area contributed by atoms with Gasteiger partial charge in [0.05, 0.1) is 20.6 Å². The Labute approximate surface area is 131 Å². The second-order valence-corrected chi connectivity index (χ2v) is 5.08. The van der Waals surface area contributed by atoms with Crippen LogP contribution in [-0.4, -0.2) is 44.7 Å². The number of hydrogen-bond donors (Lipinski definition) is 1. The van der Waals surface area contributed by atoms with Crippen molar-refractivity contribution in [1.82, 2.24) is 4.90 Å². The lowest BCUT2D eigenvalue weighted by Crippen LogP contribution is -2.31. The maximum absolute atomic E-state index is 12.3. The van der Waals surface area contributed by atoms with E-state index in [2.05, 4.69) is 0 Å². The molecular formula is C15H23ClN2O3. The predicted molar refractivity (Wildman–Crippen MR) is 84.2 cm³/mol. The lowest BCUT2D eigenvalue weighted by atomic mass is 10.1. The highest BCUT2D eigenvalue weighted by Crippen LogP contribution is 2.25. The van der Waals surface area contributed by atoms with Crippen molar-refractivity contribution in [3.05, 3.63) is 23.8 Å². The summed E-state index contributed by atoms with van der Waals surface area (Å²) in [5, 5.41) is 0. The minimum Gasteiger partial charge on any atom is -0.497 e. The third kappa shape index (κ3) is 4.25. The minimum atomic E-state index is 0. The van der Waals surface area contributed by atoms with Crippen molar-refractivity contribution in [2.75, 3.05) is 33.9 Å². The first kappa shape index (κ1) is 17.6. The summed E-state index contributed by atoms with van der Waals surface area (Å²) in [6.07, 6.45) is 1.33. The van der Waals surface area contributed by atoms with Gasteiger partial charge in [-0.25, -0.2) is 0 Å². The van der Waals surface area contributed by atoms with E-state index in [-0.39, 0.29) is 18.3 Å². The van der Waals surface area contributed by atoms with Gasteiger partial charge < -0.3 is 20.1 Å². The molecule has 0 aliphatic carbocycles. The topological polar surface area (TPSA) is 64.8 Å². The Hall–Kier alpha value is -1.46. The van der Waals surface area contributed by atoms with Crippen LogP contribution in [0.1, 0.15) is 12.0 Å². The number of nitrogens with zero attached hydrogens (tertiary/aromatic N) is 1. The zero-order valence-electron chi connectivity index (χ0n) is 12.5. The van der Waals surface area contributed by atoms with Crippen LogP contribution in [0.25, 0.3) is 0 Å². The molecule has 2 rings (SSSR count). The largest absolute Gasteiger partial charge is 0.497 e. The molecule has 2 N–H and O–H groups in total.